The Morgan fingerprint density at radius 2 is 2.18 bits per heavy atom. The van der Waals surface area contributed by atoms with E-state index in [1.165, 1.54) is 0 Å². The number of allylic oxidation sites excluding steroid dienone is 2. The second kappa shape index (κ2) is 7.25. The minimum absolute atomic E-state index is 0.0298. The molecule has 0 bridgehead atoms. The third kappa shape index (κ3) is 4.33. The lowest BCUT2D eigenvalue weighted by Gasteiger charge is -2.15. The van der Waals surface area contributed by atoms with Gasteiger partial charge in [-0.1, -0.05) is 19.1 Å². The Balaban J connectivity index is 2.49. The summed E-state index contributed by atoms with van der Waals surface area (Å²) in [6, 6.07) is 0. The van der Waals surface area contributed by atoms with E-state index in [-0.39, 0.29) is 17.8 Å². The molecule has 0 N–H and O–H groups in total. The molecule has 3 nitrogen and oxygen atoms in total. The molecule has 0 aromatic heterocycles. The number of esters is 1. The summed E-state index contributed by atoms with van der Waals surface area (Å²) in [6.45, 7) is 4.29. The first-order valence-electron chi connectivity index (χ1n) is 6.52. The summed E-state index contributed by atoms with van der Waals surface area (Å²) >= 11 is 0. The Labute approximate surface area is 103 Å². The van der Waals surface area contributed by atoms with Gasteiger partial charge in [-0.3, -0.25) is 9.59 Å². The van der Waals surface area contributed by atoms with Gasteiger partial charge in [-0.25, -0.2) is 0 Å². The fourth-order valence-corrected chi connectivity index (χ4v) is 2.39. The standard InChI is InChI=1S/C14H22O3/c1-3-5-6-7-12-11(8-9-13(12)15)10-14(16)17-4-2/h5-6,11-12H,3-4,7-10H2,1-2H3. The molecule has 0 aromatic carbocycles. The molecule has 1 rings (SSSR count). The van der Waals surface area contributed by atoms with Crippen molar-refractivity contribution in [1.29, 1.82) is 0 Å². The molecule has 0 aromatic rings. The summed E-state index contributed by atoms with van der Waals surface area (Å²) in [5, 5.41) is 0. The van der Waals surface area contributed by atoms with Crippen LogP contribution < -0.4 is 0 Å². The molecular weight excluding hydrogens is 216 g/mol. The monoisotopic (exact) mass is 238 g/mol. The van der Waals surface area contributed by atoms with Crippen LogP contribution in [0.5, 0.6) is 0 Å². The molecule has 0 radical (unpaired) electrons. The molecule has 1 saturated carbocycles. The molecule has 0 saturated heterocycles. The molecular formula is C14H22O3. The second-order valence-corrected chi connectivity index (χ2v) is 4.50. The number of hydrogen-bond acceptors (Lipinski definition) is 3. The number of ether oxygens (including phenoxy) is 1. The zero-order valence-corrected chi connectivity index (χ0v) is 10.8. The number of ketones is 1. The van der Waals surface area contributed by atoms with Crippen molar-refractivity contribution in [3.63, 3.8) is 0 Å². The third-order valence-corrected chi connectivity index (χ3v) is 3.27. The summed E-state index contributed by atoms with van der Waals surface area (Å²) in [4.78, 5) is 23.2. The summed E-state index contributed by atoms with van der Waals surface area (Å²) in [6.07, 6.45) is 7.75. The fourth-order valence-electron chi connectivity index (χ4n) is 2.39. The van der Waals surface area contributed by atoms with E-state index in [9.17, 15) is 9.59 Å². The molecule has 1 aliphatic carbocycles. The van der Waals surface area contributed by atoms with Crippen molar-refractivity contribution < 1.29 is 14.3 Å². The third-order valence-electron chi connectivity index (χ3n) is 3.27. The molecule has 96 valence electrons. The van der Waals surface area contributed by atoms with E-state index in [4.69, 9.17) is 4.74 Å². The molecule has 0 spiro atoms. The average Bonchev–Trinajstić information content (AvgIpc) is 2.62. The topological polar surface area (TPSA) is 43.4 Å². The first-order valence-corrected chi connectivity index (χ1v) is 6.52. The smallest absolute Gasteiger partial charge is 0.306 e. The lowest BCUT2D eigenvalue weighted by molar-refractivity contribution is -0.144. The van der Waals surface area contributed by atoms with E-state index < -0.39 is 0 Å². The van der Waals surface area contributed by atoms with Crippen LogP contribution in [0.4, 0.5) is 0 Å². The van der Waals surface area contributed by atoms with Crippen LogP contribution >= 0.6 is 0 Å². The van der Waals surface area contributed by atoms with Crippen LogP contribution in [0.1, 0.15) is 46.0 Å². The number of rotatable bonds is 6. The normalized spacial score (nSPS) is 24.5. The maximum atomic E-state index is 11.7. The maximum absolute atomic E-state index is 11.7. The summed E-state index contributed by atoms with van der Waals surface area (Å²) in [7, 11) is 0. The predicted molar refractivity (Wildman–Crippen MR) is 66.5 cm³/mol. The van der Waals surface area contributed by atoms with Crippen molar-refractivity contribution >= 4 is 11.8 Å². The summed E-state index contributed by atoms with van der Waals surface area (Å²) < 4.78 is 4.94. The number of carbonyl (C=O) groups is 2. The van der Waals surface area contributed by atoms with Crippen LogP contribution in [0.25, 0.3) is 0 Å². The zero-order chi connectivity index (χ0) is 12.7. The fraction of sp³-hybridized carbons (Fsp3) is 0.714. The first-order chi connectivity index (χ1) is 8.19. The highest BCUT2D eigenvalue weighted by molar-refractivity contribution is 5.84. The molecule has 3 heteroatoms. The van der Waals surface area contributed by atoms with Crippen molar-refractivity contribution in [3.8, 4) is 0 Å². The van der Waals surface area contributed by atoms with Gasteiger partial charge in [0.15, 0.2) is 0 Å². The van der Waals surface area contributed by atoms with Crippen LogP contribution in [0.15, 0.2) is 12.2 Å². The molecule has 1 fully saturated rings. The molecule has 0 amide bonds. The van der Waals surface area contributed by atoms with Crippen molar-refractivity contribution in [2.75, 3.05) is 6.61 Å². The minimum Gasteiger partial charge on any atom is -0.466 e. The van der Waals surface area contributed by atoms with Crippen molar-refractivity contribution in [2.24, 2.45) is 11.8 Å². The van der Waals surface area contributed by atoms with Gasteiger partial charge in [0.1, 0.15) is 5.78 Å². The lowest BCUT2D eigenvalue weighted by atomic mass is 9.89. The Morgan fingerprint density at radius 3 is 2.82 bits per heavy atom. The Morgan fingerprint density at radius 1 is 1.41 bits per heavy atom. The highest BCUT2D eigenvalue weighted by Gasteiger charge is 2.35. The van der Waals surface area contributed by atoms with E-state index in [1.807, 2.05) is 0 Å². The number of hydrogen-bond donors (Lipinski definition) is 0. The maximum Gasteiger partial charge on any atom is 0.306 e. The van der Waals surface area contributed by atoms with E-state index >= 15 is 0 Å². The van der Waals surface area contributed by atoms with Gasteiger partial charge in [0.05, 0.1) is 6.61 Å². The van der Waals surface area contributed by atoms with E-state index in [2.05, 4.69) is 19.1 Å². The van der Waals surface area contributed by atoms with Gasteiger partial charge in [-0.2, -0.15) is 0 Å². The van der Waals surface area contributed by atoms with Crippen LogP contribution in [0.3, 0.4) is 0 Å². The van der Waals surface area contributed by atoms with Gasteiger partial charge in [0, 0.05) is 18.8 Å². The number of carbonyl (C=O) groups excluding carboxylic acids is 2. The summed E-state index contributed by atoms with van der Waals surface area (Å²) in [5.74, 6) is 0.349. The van der Waals surface area contributed by atoms with Gasteiger partial charge in [-0.05, 0) is 32.1 Å². The van der Waals surface area contributed by atoms with Crippen LogP contribution in [0.2, 0.25) is 0 Å². The summed E-state index contributed by atoms with van der Waals surface area (Å²) in [5.41, 5.74) is 0. The van der Waals surface area contributed by atoms with Crippen LogP contribution in [-0.4, -0.2) is 18.4 Å². The van der Waals surface area contributed by atoms with Gasteiger partial charge in [0.2, 0.25) is 0 Å². The van der Waals surface area contributed by atoms with Crippen molar-refractivity contribution in [1.82, 2.24) is 0 Å². The predicted octanol–water partition coefficient (Wildman–Crippen LogP) is 2.89. The Bertz CT molecular complexity index is 294. The molecule has 0 aliphatic heterocycles. The zero-order valence-electron chi connectivity index (χ0n) is 10.8. The molecule has 17 heavy (non-hydrogen) atoms. The largest absolute Gasteiger partial charge is 0.466 e. The van der Waals surface area contributed by atoms with Gasteiger partial charge in [-0.15, -0.1) is 0 Å². The van der Waals surface area contributed by atoms with Gasteiger partial charge >= 0.3 is 5.97 Å². The highest BCUT2D eigenvalue weighted by Crippen LogP contribution is 2.34. The quantitative estimate of drug-likeness (QED) is 0.528. The first kappa shape index (κ1) is 13.9. The molecule has 0 heterocycles. The lowest BCUT2D eigenvalue weighted by Crippen LogP contribution is -2.18. The van der Waals surface area contributed by atoms with Gasteiger partial charge in [0.25, 0.3) is 0 Å². The number of Topliss-reactive ketones (excluding diaryl/α,β-unsaturated/α-hetero) is 1. The molecule has 1 aliphatic rings. The van der Waals surface area contributed by atoms with Crippen molar-refractivity contribution in [3.05, 3.63) is 12.2 Å². The van der Waals surface area contributed by atoms with Crippen LogP contribution in [0, 0.1) is 11.8 Å². The Hall–Kier alpha value is -1.12. The molecule has 2 atom stereocenters. The SMILES string of the molecule is CCC=CCC1C(=O)CCC1CC(=O)OCC. The minimum atomic E-state index is -0.170. The van der Waals surface area contributed by atoms with Crippen LogP contribution in [-0.2, 0) is 14.3 Å². The van der Waals surface area contributed by atoms with E-state index in [0.29, 0.717) is 25.2 Å². The Kier molecular flexibility index (Phi) is 5.95. The van der Waals surface area contributed by atoms with Gasteiger partial charge < -0.3 is 4.74 Å². The highest BCUT2D eigenvalue weighted by atomic mass is 16.5. The van der Waals surface area contributed by atoms with E-state index in [1.54, 1.807) is 6.92 Å². The second-order valence-electron chi connectivity index (χ2n) is 4.50. The van der Waals surface area contributed by atoms with E-state index in [0.717, 1.165) is 19.3 Å². The van der Waals surface area contributed by atoms with Crippen molar-refractivity contribution in [2.45, 2.75) is 46.0 Å². The molecule has 2 unspecified atom stereocenters. The average molecular weight is 238 g/mol.